The van der Waals surface area contributed by atoms with Gasteiger partial charge in [0.15, 0.2) is 0 Å². The highest BCUT2D eigenvalue weighted by Crippen LogP contribution is 2.24. The molecule has 3 nitrogen and oxygen atoms in total. The average Bonchev–Trinajstić information content (AvgIpc) is 2.34. The first-order chi connectivity index (χ1) is 8.58. The normalized spacial score (nSPS) is 10.1. The monoisotopic (exact) mass is 304 g/mol. The van der Waals surface area contributed by atoms with E-state index in [0.717, 1.165) is 15.7 Å². The Labute approximate surface area is 114 Å². The highest BCUT2D eigenvalue weighted by atomic mass is 79.9. The van der Waals surface area contributed by atoms with E-state index in [-0.39, 0.29) is 5.91 Å². The van der Waals surface area contributed by atoms with E-state index in [1.54, 1.807) is 24.3 Å². The SMILES string of the molecule is Cc1ccc(Br)c(NC(=O)c2ccccc2N)c1. The summed E-state index contributed by atoms with van der Waals surface area (Å²) >= 11 is 3.40. The Morgan fingerprint density at radius 1 is 1.22 bits per heavy atom. The highest BCUT2D eigenvalue weighted by Gasteiger charge is 2.10. The lowest BCUT2D eigenvalue weighted by Crippen LogP contribution is -2.14. The van der Waals surface area contributed by atoms with Crippen LogP contribution in [0.2, 0.25) is 0 Å². The van der Waals surface area contributed by atoms with Crippen LogP contribution in [0.1, 0.15) is 15.9 Å². The molecular formula is C14H13BrN2O. The van der Waals surface area contributed by atoms with Crippen molar-refractivity contribution in [2.24, 2.45) is 0 Å². The molecule has 2 aromatic carbocycles. The molecule has 0 atom stereocenters. The molecule has 0 aliphatic rings. The zero-order valence-corrected chi connectivity index (χ0v) is 11.5. The summed E-state index contributed by atoms with van der Waals surface area (Å²) in [4.78, 5) is 12.1. The van der Waals surface area contributed by atoms with Crippen LogP contribution in [-0.4, -0.2) is 5.91 Å². The van der Waals surface area contributed by atoms with Gasteiger partial charge in [-0.15, -0.1) is 0 Å². The molecule has 0 saturated heterocycles. The Hall–Kier alpha value is -1.81. The molecule has 0 aliphatic carbocycles. The summed E-state index contributed by atoms with van der Waals surface area (Å²) in [5.41, 5.74) is 8.54. The van der Waals surface area contributed by atoms with Gasteiger partial charge in [0, 0.05) is 10.2 Å². The Morgan fingerprint density at radius 2 is 1.94 bits per heavy atom. The molecule has 92 valence electrons. The van der Waals surface area contributed by atoms with Crippen molar-refractivity contribution in [2.45, 2.75) is 6.92 Å². The molecule has 2 aromatic rings. The molecule has 0 bridgehead atoms. The second kappa shape index (κ2) is 5.23. The van der Waals surface area contributed by atoms with E-state index < -0.39 is 0 Å². The van der Waals surface area contributed by atoms with E-state index in [2.05, 4.69) is 21.2 Å². The van der Waals surface area contributed by atoms with E-state index in [4.69, 9.17) is 5.73 Å². The number of amides is 1. The fourth-order valence-electron chi connectivity index (χ4n) is 1.63. The fraction of sp³-hybridized carbons (Fsp3) is 0.0714. The molecule has 1 amide bonds. The van der Waals surface area contributed by atoms with Crippen molar-refractivity contribution in [3.05, 3.63) is 58.1 Å². The van der Waals surface area contributed by atoms with Crippen LogP contribution >= 0.6 is 15.9 Å². The first-order valence-corrected chi connectivity index (χ1v) is 6.29. The summed E-state index contributed by atoms with van der Waals surface area (Å²) in [7, 11) is 0. The average molecular weight is 305 g/mol. The number of carbonyl (C=O) groups is 1. The van der Waals surface area contributed by atoms with E-state index in [1.807, 2.05) is 25.1 Å². The van der Waals surface area contributed by atoms with Crippen molar-refractivity contribution >= 4 is 33.2 Å². The third kappa shape index (κ3) is 2.71. The number of nitrogen functional groups attached to an aromatic ring is 1. The Bertz CT molecular complexity index is 596. The molecule has 0 aromatic heterocycles. The number of rotatable bonds is 2. The number of aryl methyl sites for hydroxylation is 1. The standard InChI is InChI=1S/C14H13BrN2O/c1-9-6-7-11(15)13(8-9)17-14(18)10-4-2-3-5-12(10)16/h2-8H,16H2,1H3,(H,17,18). The van der Waals surface area contributed by atoms with E-state index in [9.17, 15) is 4.79 Å². The maximum absolute atomic E-state index is 12.1. The van der Waals surface area contributed by atoms with Gasteiger partial charge >= 0.3 is 0 Å². The molecule has 0 heterocycles. The molecular weight excluding hydrogens is 292 g/mol. The van der Waals surface area contributed by atoms with Gasteiger partial charge in [0.1, 0.15) is 0 Å². The van der Waals surface area contributed by atoms with Crippen LogP contribution < -0.4 is 11.1 Å². The topological polar surface area (TPSA) is 55.1 Å². The number of hydrogen-bond acceptors (Lipinski definition) is 2. The number of anilines is 2. The number of halogens is 1. The van der Waals surface area contributed by atoms with Gasteiger partial charge in [0.2, 0.25) is 0 Å². The van der Waals surface area contributed by atoms with Gasteiger partial charge in [0.05, 0.1) is 11.3 Å². The Morgan fingerprint density at radius 3 is 2.67 bits per heavy atom. The Balaban J connectivity index is 2.27. The van der Waals surface area contributed by atoms with Crippen LogP contribution in [0.4, 0.5) is 11.4 Å². The number of nitrogens with one attached hydrogen (secondary N) is 1. The Kier molecular flexibility index (Phi) is 3.67. The molecule has 2 rings (SSSR count). The number of hydrogen-bond donors (Lipinski definition) is 2. The number of nitrogens with two attached hydrogens (primary N) is 1. The lowest BCUT2D eigenvalue weighted by Gasteiger charge is -2.09. The van der Waals surface area contributed by atoms with E-state index in [1.165, 1.54) is 0 Å². The van der Waals surface area contributed by atoms with Gasteiger partial charge in [-0.05, 0) is 52.7 Å². The molecule has 0 unspecified atom stereocenters. The molecule has 0 aliphatic heterocycles. The zero-order valence-electron chi connectivity index (χ0n) is 9.91. The minimum Gasteiger partial charge on any atom is -0.398 e. The zero-order chi connectivity index (χ0) is 13.1. The number of carbonyl (C=O) groups excluding carboxylic acids is 1. The van der Waals surface area contributed by atoms with E-state index >= 15 is 0 Å². The summed E-state index contributed by atoms with van der Waals surface area (Å²) in [6, 6.07) is 12.8. The minimum absolute atomic E-state index is 0.209. The minimum atomic E-state index is -0.209. The van der Waals surface area contributed by atoms with Crippen LogP contribution in [0.25, 0.3) is 0 Å². The molecule has 0 spiro atoms. The van der Waals surface area contributed by atoms with Crippen molar-refractivity contribution in [2.75, 3.05) is 11.1 Å². The summed E-state index contributed by atoms with van der Waals surface area (Å²) in [5.74, 6) is -0.209. The molecule has 0 saturated carbocycles. The van der Waals surface area contributed by atoms with Gasteiger partial charge in [-0.3, -0.25) is 4.79 Å². The maximum Gasteiger partial charge on any atom is 0.257 e. The largest absolute Gasteiger partial charge is 0.398 e. The molecule has 4 heteroatoms. The third-order valence-corrected chi connectivity index (χ3v) is 3.27. The van der Waals surface area contributed by atoms with Crippen LogP contribution in [0.15, 0.2) is 46.9 Å². The lowest BCUT2D eigenvalue weighted by molar-refractivity contribution is 0.102. The fourth-order valence-corrected chi connectivity index (χ4v) is 1.97. The second-order valence-corrected chi connectivity index (χ2v) is 4.88. The van der Waals surface area contributed by atoms with Crippen molar-refractivity contribution in [1.82, 2.24) is 0 Å². The lowest BCUT2D eigenvalue weighted by atomic mass is 10.1. The highest BCUT2D eigenvalue weighted by molar-refractivity contribution is 9.10. The summed E-state index contributed by atoms with van der Waals surface area (Å²) in [6.45, 7) is 1.97. The van der Waals surface area contributed by atoms with Crippen molar-refractivity contribution < 1.29 is 4.79 Å². The van der Waals surface area contributed by atoms with Crippen molar-refractivity contribution in [3.63, 3.8) is 0 Å². The van der Waals surface area contributed by atoms with Crippen molar-refractivity contribution in [3.8, 4) is 0 Å². The van der Waals surface area contributed by atoms with Gasteiger partial charge in [-0.25, -0.2) is 0 Å². The van der Waals surface area contributed by atoms with Crippen LogP contribution in [0, 0.1) is 6.92 Å². The maximum atomic E-state index is 12.1. The van der Waals surface area contributed by atoms with Gasteiger partial charge in [-0.1, -0.05) is 18.2 Å². The van der Waals surface area contributed by atoms with Crippen LogP contribution in [0.5, 0.6) is 0 Å². The summed E-state index contributed by atoms with van der Waals surface area (Å²) in [5, 5.41) is 2.84. The second-order valence-electron chi connectivity index (χ2n) is 4.02. The summed E-state index contributed by atoms with van der Waals surface area (Å²) in [6.07, 6.45) is 0. The van der Waals surface area contributed by atoms with Crippen molar-refractivity contribution in [1.29, 1.82) is 0 Å². The van der Waals surface area contributed by atoms with Gasteiger partial charge in [-0.2, -0.15) is 0 Å². The molecule has 18 heavy (non-hydrogen) atoms. The van der Waals surface area contributed by atoms with Crippen LogP contribution in [0.3, 0.4) is 0 Å². The molecule has 0 radical (unpaired) electrons. The molecule has 0 fully saturated rings. The smallest absolute Gasteiger partial charge is 0.257 e. The van der Waals surface area contributed by atoms with Crippen LogP contribution in [-0.2, 0) is 0 Å². The third-order valence-electron chi connectivity index (χ3n) is 2.58. The number of para-hydroxylation sites is 1. The van der Waals surface area contributed by atoms with Gasteiger partial charge in [0.25, 0.3) is 5.91 Å². The number of benzene rings is 2. The summed E-state index contributed by atoms with van der Waals surface area (Å²) < 4.78 is 0.843. The molecule has 3 N–H and O–H groups in total. The van der Waals surface area contributed by atoms with Gasteiger partial charge < -0.3 is 11.1 Å². The first kappa shape index (κ1) is 12.6. The predicted octanol–water partition coefficient (Wildman–Crippen LogP) is 3.59. The predicted molar refractivity (Wildman–Crippen MR) is 77.7 cm³/mol. The quantitative estimate of drug-likeness (QED) is 0.833. The van der Waals surface area contributed by atoms with E-state index in [0.29, 0.717) is 11.3 Å². The first-order valence-electron chi connectivity index (χ1n) is 5.50.